The van der Waals surface area contributed by atoms with Gasteiger partial charge in [0, 0.05) is 5.56 Å². The smallest absolute Gasteiger partial charge is 0.343 e. The van der Waals surface area contributed by atoms with Crippen molar-refractivity contribution in [3.8, 4) is 17.2 Å². The van der Waals surface area contributed by atoms with Crippen LogP contribution in [0.25, 0.3) is 0 Å². The minimum atomic E-state index is -0.618. The molecule has 0 bridgehead atoms. The van der Waals surface area contributed by atoms with Gasteiger partial charge < -0.3 is 14.2 Å². The second kappa shape index (κ2) is 12.8. The summed E-state index contributed by atoms with van der Waals surface area (Å²) in [7, 11) is 1.45. The Kier molecular flexibility index (Phi) is 8.98. The monoisotopic (exact) mass is 548 g/mol. The first kappa shape index (κ1) is 26.7. The molecule has 4 rings (SSSR count). The van der Waals surface area contributed by atoms with Gasteiger partial charge in [0.15, 0.2) is 11.5 Å². The summed E-state index contributed by atoms with van der Waals surface area (Å²) >= 11 is 11.9. The number of hydrazone groups is 1. The molecule has 7 nitrogen and oxygen atoms in total. The number of nitrogens with zero attached hydrogens (tertiary/aromatic N) is 1. The second-order valence-electron chi connectivity index (χ2n) is 7.93. The molecular formula is C29H22Cl2N2O5. The maximum absolute atomic E-state index is 12.5. The van der Waals surface area contributed by atoms with Crippen molar-refractivity contribution in [1.82, 2.24) is 5.43 Å². The predicted molar refractivity (Wildman–Crippen MR) is 147 cm³/mol. The standard InChI is InChI=1S/C29H22Cl2N2O5/c1-36-27-15-20(7-14-26(27)38-29(35)22-10-13-24(30)25(31)16-22)17-32-33-28(34)21-8-11-23(12-9-21)37-18-19-5-3-2-4-6-19/h2-17H,18H2,1H3,(H,33,34)/b32-17-. The molecule has 4 aromatic carbocycles. The van der Waals surface area contributed by atoms with E-state index >= 15 is 0 Å². The molecule has 9 heteroatoms. The minimum absolute atomic E-state index is 0.208. The van der Waals surface area contributed by atoms with E-state index in [0.29, 0.717) is 34.3 Å². The molecule has 0 heterocycles. The molecule has 0 aromatic heterocycles. The lowest BCUT2D eigenvalue weighted by Gasteiger charge is -2.10. The van der Waals surface area contributed by atoms with Gasteiger partial charge in [-0.15, -0.1) is 0 Å². The summed E-state index contributed by atoms with van der Waals surface area (Å²) in [5.41, 5.74) is 4.81. The van der Waals surface area contributed by atoms with Crippen molar-refractivity contribution in [2.45, 2.75) is 6.61 Å². The molecule has 38 heavy (non-hydrogen) atoms. The van der Waals surface area contributed by atoms with Gasteiger partial charge in [-0.1, -0.05) is 53.5 Å². The van der Waals surface area contributed by atoms with Crippen LogP contribution in [0.15, 0.2) is 96.1 Å². The number of hydrogen-bond donors (Lipinski definition) is 1. The molecule has 0 atom stereocenters. The number of amides is 1. The lowest BCUT2D eigenvalue weighted by molar-refractivity contribution is 0.0729. The van der Waals surface area contributed by atoms with Crippen LogP contribution in [0.2, 0.25) is 10.0 Å². The lowest BCUT2D eigenvalue weighted by atomic mass is 10.2. The first-order valence-electron chi connectivity index (χ1n) is 11.4. The average molecular weight is 549 g/mol. The zero-order valence-corrected chi connectivity index (χ0v) is 21.7. The fourth-order valence-corrected chi connectivity index (χ4v) is 3.60. The molecule has 0 spiro atoms. The maximum Gasteiger partial charge on any atom is 0.343 e. The quantitative estimate of drug-likeness (QED) is 0.111. The first-order valence-corrected chi connectivity index (χ1v) is 12.1. The van der Waals surface area contributed by atoms with Crippen molar-refractivity contribution in [2.24, 2.45) is 5.10 Å². The maximum atomic E-state index is 12.5. The Hall–Kier alpha value is -4.33. The number of halogens is 2. The van der Waals surface area contributed by atoms with E-state index in [1.165, 1.54) is 31.5 Å². The largest absolute Gasteiger partial charge is 0.493 e. The highest BCUT2D eigenvalue weighted by Crippen LogP contribution is 2.29. The van der Waals surface area contributed by atoms with E-state index in [0.717, 1.165) is 5.56 Å². The molecule has 0 radical (unpaired) electrons. The number of carbonyl (C=O) groups excluding carboxylic acids is 2. The summed E-state index contributed by atoms with van der Waals surface area (Å²) in [6.45, 7) is 0.438. The van der Waals surface area contributed by atoms with Crippen LogP contribution in [-0.4, -0.2) is 25.2 Å². The number of methoxy groups -OCH3 is 1. The molecule has 0 aliphatic rings. The van der Waals surface area contributed by atoms with Crippen molar-refractivity contribution < 1.29 is 23.8 Å². The van der Waals surface area contributed by atoms with E-state index in [9.17, 15) is 9.59 Å². The average Bonchev–Trinajstić information content (AvgIpc) is 2.94. The van der Waals surface area contributed by atoms with Gasteiger partial charge in [-0.05, 0) is 71.8 Å². The number of esters is 1. The molecule has 0 aliphatic carbocycles. The molecule has 0 aliphatic heterocycles. The highest BCUT2D eigenvalue weighted by Gasteiger charge is 2.14. The van der Waals surface area contributed by atoms with Gasteiger partial charge in [-0.25, -0.2) is 10.2 Å². The van der Waals surface area contributed by atoms with Gasteiger partial charge in [0.1, 0.15) is 12.4 Å². The highest BCUT2D eigenvalue weighted by molar-refractivity contribution is 6.42. The van der Waals surface area contributed by atoms with Gasteiger partial charge in [0.2, 0.25) is 0 Å². The van der Waals surface area contributed by atoms with Crippen molar-refractivity contribution in [3.05, 3.63) is 123 Å². The van der Waals surface area contributed by atoms with Crippen LogP contribution >= 0.6 is 23.2 Å². The Balaban J connectivity index is 1.33. The second-order valence-corrected chi connectivity index (χ2v) is 8.74. The number of hydrogen-bond acceptors (Lipinski definition) is 6. The van der Waals surface area contributed by atoms with Crippen molar-refractivity contribution >= 4 is 41.3 Å². The van der Waals surface area contributed by atoms with E-state index < -0.39 is 5.97 Å². The number of rotatable bonds is 9. The molecule has 0 unspecified atom stereocenters. The summed E-state index contributed by atoms with van der Waals surface area (Å²) in [5, 5.41) is 4.58. The van der Waals surface area contributed by atoms with Gasteiger partial charge in [0.25, 0.3) is 5.91 Å². The molecule has 0 fully saturated rings. The van der Waals surface area contributed by atoms with Crippen molar-refractivity contribution in [1.29, 1.82) is 0 Å². The minimum Gasteiger partial charge on any atom is -0.493 e. The fraction of sp³-hybridized carbons (Fsp3) is 0.0690. The zero-order valence-electron chi connectivity index (χ0n) is 20.2. The number of benzene rings is 4. The molecule has 0 saturated carbocycles. The summed E-state index contributed by atoms with van der Waals surface area (Å²) in [6.07, 6.45) is 1.45. The van der Waals surface area contributed by atoms with Crippen LogP contribution in [0.3, 0.4) is 0 Å². The van der Waals surface area contributed by atoms with E-state index in [4.69, 9.17) is 37.4 Å². The lowest BCUT2D eigenvalue weighted by Crippen LogP contribution is -2.17. The van der Waals surface area contributed by atoms with Crippen molar-refractivity contribution in [3.63, 3.8) is 0 Å². The molecular weight excluding hydrogens is 527 g/mol. The molecule has 192 valence electrons. The molecule has 0 saturated heterocycles. The Bertz CT molecular complexity index is 1460. The van der Waals surface area contributed by atoms with Crippen LogP contribution in [0.5, 0.6) is 17.2 Å². The molecule has 1 amide bonds. The molecule has 1 N–H and O–H groups in total. The summed E-state index contributed by atoms with van der Waals surface area (Å²) in [6, 6.07) is 25.9. The number of carbonyl (C=O) groups is 2. The fourth-order valence-electron chi connectivity index (χ4n) is 3.30. The Labute approximate surface area is 229 Å². The van der Waals surface area contributed by atoms with Gasteiger partial charge in [-0.3, -0.25) is 4.79 Å². The van der Waals surface area contributed by atoms with Crippen LogP contribution < -0.4 is 19.6 Å². The molecule has 4 aromatic rings. The zero-order chi connectivity index (χ0) is 26.9. The van der Waals surface area contributed by atoms with E-state index in [-0.39, 0.29) is 22.2 Å². The van der Waals surface area contributed by atoms with Gasteiger partial charge in [0.05, 0.1) is 28.9 Å². The normalized spacial score (nSPS) is 10.7. The Morgan fingerprint density at radius 1 is 0.842 bits per heavy atom. The van der Waals surface area contributed by atoms with E-state index in [2.05, 4.69) is 10.5 Å². The highest BCUT2D eigenvalue weighted by atomic mass is 35.5. The van der Waals surface area contributed by atoms with E-state index in [1.807, 2.05) is 30.3 Å². The third-order valence-electron chi connectivity index (χ3n) is 5.29. The van der Waals surface area contributed by atoms with Crippen molar-refractivity contribution in [2.75, 3.05) is 7.11 Å². The Morgan fingerprint density at radius 3 is 2.29 bits per heavy atom. The summed E-state index contributed by atoms with van der Waals surface area (Å²) in [4.78, 5) is 24.9. The number of nitrogens with one attached hydrogen (secondary N) is 1. The third kappa shape index (κ3) is 7.12. The van der Waals surface area contributed by atoms with E-state index in [1.54, 1.807) is 42.5 Å². The number of ether oxygens (including phenoxy) is 3. The predicted octanol–water partition coefficient (Wildman–Crippen LogP) is 6.56. The van der Waals surface area contributed by atoms with Gasteiger partial charge >= 0.3 is 5.97 Å². The first-order chi connectivity index (χ1) is 18.4. The Morgan fingerprint density at radius 2 is 1.58 bits per heavy atom. The van der Waals surface area contributed by atoms with Crippen LogP contribution in [0.1, 0.15) is 31.8 Å². The van der Waals surface area contributed by atoms with Crippen LogP contribution in [-0.2, 0) is 6.61 Å². The summed E-state index contributed by atoms with van der Waals surface area (Å²) < 4.78 is 16.5. The summed E-state index contributed by atoms with van der Waals surface area (Å²) in [5.74, 6) is 0.169. The van der Waals surface area contributed by atoms with Crippen LogP contribution in [0.4, 0.5) is 0 Å². The topological polar surface area (TPSA) is 86.2 Å². The van der Waals surface area contributed by atoms with Crippen LogP contribution in [0, 0.1) is 0 Å². The van der Waals surface area contributed by atoms with Gasteiger partial charge in [-0.2, -0.15) is 5.10 Å². The third-order valence-corrected chi connectivity index (χ3v) is 6.03. The SMILES string of the molecule is COc1cc(/C=N\NC(=O)c2ccc(OCc3ccccc3)cc2)ccc1OC(=O)c1ccc(Cl)c(Cl)c1.